The monoisotopic (exact) mass is 293 g/mol. The van der Waals surface area contributed by atoms with Gasteiger partial charge in [-0.3, -0.25) is 9.88 Å². The summed E-state index contributed by atoms with van der Waals surface area (Å²) in [6.07, 6.45) is 1.69. The molecule has 5 nitrogen and oxygen atoms in total. The number of nitrogens with one attached hydrogen (secondary N) is 1. The van der Waals surface area contributed by atoms with E-state index >= 15 is 0 Å². The molecule has 0 saturated carbocycles. The zero-order valence-corrected chi connectivity index (χ0v) is 13.5. The quantitative estimate of drug-likeness (QED) is 0.789. The topological polar surface area (TPSA) is 68.6 Å². The molecule has 1 saturated heterocycles. The van der Waals surface area contributed by atoms with E-state index in [1.807, 2.05) is 0 Å². The van der Waals surface area contributed by atoms with Gasteiger partial charge in [-0.15, -0.1) is 0 Å². The van der Waals surface area contributed by atoms with Gasteiger partial charge in [-0.25, -0.2) is 0 Å². The van der Waals surface area contributed by atoms with Gasteiger partial charge < -0.3 is 15.5 Å². The smallest absolute Gasteiger partial charge is 0.141 e. The number of piperazine rings is 1. The number of hydrogen-bond donors (Lipinski definition) is 3. The summed E-state index contributed by atoms with van der Waals surface area (Å²) in [5.41, 5.74) is 2.12. The average Bonchev–Trinajstić information content (AvgIpc) is 2.44. The first-order chi connectivity index (χ1) is 9.86. The molecule has 0 radical (unpaired) electrons. The molecule has 0 spiro atoms. The highest BCUT2D eigenvalue weighted by atomic mass is 16.3. The van der Waals surface area contributed by atoms with Crippen molar-refractivity contribution < 1.29 is 10.2 Å². The molecule has 0 aromatic carbocycles. The normalized spacial score (nSPS) is 18.7. The second-order valence-electron chi connectivity index (χ2n) is 6.84. The molecule has 21 heavy (non-hydrogen) atoms. The molecule has 0 amide bonds. The summed E-state index contributed by atoms with van der Waals surface area (Å²) in [6.45, 7) is 12.0. The molecule has 118 valence electrons. The molecule has 0 unspecified atom stereocenters. The molecule has 1 aromatic rings. The number of aliphatic hydroxyl groups excluding tert-OH is 1. The van der Waals surface area contributed by atoms with E-state index in [2.05, 4.69) is 36.0 Å². The van der Waals surface area contributed by atoms with Gasteiger partial charge in [-0.05, 0) is 12.3 Å². The van der Waals surface area contributed by atoms with Crippen molar-refractivity contribution >= 4 is 0 Å². The van der Waals surface area contributed by atoms with Crippen LogP contribution in [-0.2, 0) is 6.61 Å². The van der Waals surface area contributed by atoms with Crippen molar-refractivity contribution in [2.24, 2.45) is 5.41 Å². The summed E-state index contributed by atoms with van der Waals surface area (Å²) < 4.78 is 0. The maximum absolute atomic E-state index is 10.6. The number of aryl methyl sites for hydroxylation is 1. The van der Waals surface area contributed by atoms with E-state index in [9.17, 15) is 10.2 Å². The van der Waals surface area contributed by atoms with Crippen molar-refractivity contribution in [1.29, 1.82) is 0 Å². The third-order valence-corrected chi connectivity index (χ3v) is 4.14. The Bertz CT molecular complexity index is 491. The second-order valence-corrected chi connectivity index (χ2v) is 6.84. The molecule has 0 aliphatic carbocycles. The molecule has 0 bridgehead atoms. The Morgan fingerprint density at radius 3 is 2.48 bits per heavy atom. The summed E-state index contributed by atoms with van der Waals surface area (Å²) in [7, 11) is 0. The van der Waals surface area contributed by atoms with E-state index in [-0.39, 0.29) is 23.8 Å². The Labute approximate surface area is 127 Å². The standard InChI is InChI=1S/C16H27N3O2/c1-11-14(21)13(12(10-20)9-18-11)15(16(2,3)4)19-7-5-17-6-8-19/h9,15,17,20-21H,5-8,10H2,1-4H3/t15-/m0/s1. The zero-order chi connectivity index (χ0) is 15.6. The molecule has 1 fully saturated rings. The fourth-order valence-corrected chi connectivity index (χ4v) is 3.19. The van der Waals surface area contributed by atoms with Gasteiger partial charge in [-0.1, -0.05) is 20.8 Å². The minimum Gasteiger partial charge on any atom is -0.506 e. The van der Waals surface area contributed by atoms with Crippen LogP contribution in [0, 0.1) is 12.3 Å². The third-order valence-electron chi connectivity index (χ3n) is 4.14. The van der Waals surface area contributed by atoms with Gasteiger partial charge in [0, 0.05) is 49.5 Å². The van der Waals surface area contributed by atoms with Crippen molar-refractivity contribution in [3.8, 4) is 5.75 Å². The van der Waals surface area contributed by atoms with Crippen LogP contribution >= 0.6 is 0 Å². The lowest BCUT2D eigenvalue weighted by Gasteiger charge is -2.43. The average molecular weight is 293 g/mol. The van der Waals surface area contributed by atoms with Gasteiger partial charge in [0.2, 0.25) is 0 Å². The zero-order valence-electron chi connectivity index (χ0n) is 13.5. The Balaban J connectivity index is 2.53. The Hall–Kier alpha value is -1.17. The molecule has 1 aromatic heterocycles. The molecule has 1 aliphatic rings. The van der Waals surface area contributed by atoms with Crippen LogP contribution in [0.4, 0.5) is 0 Å². The minimum absolute atomic E-state index is 0.0491. The second kappa shape index (κ2) is 6.30. The lowest BCUT2D eigenvalue weighted by molar-refractivity contribution is 0.0822. The fraction of sp³-hybridized carbons (Fsp3) is 0.688. The number of rotatable bonds is 3. The van der Waals surface area contributed by atoms with Crippen LogP contribution in [0.2, 0.25) is 0 Å². The van der Waals surface area contributed by atoms with Crippen LogP contribution in [-0.4, -0.2) is 46.3 Å². The summed E-state index contributed by atoms with van der Waals surface area (Å²) in [5.74, 6) is 0.222. The highest BCUT2D eigenvalue weighted by Crippen LogP contribution is 2.43. The van der Waals surface area contributed by atoms with Gasteiger partial charge in [0.25, 0.3) is 0 Å². The molecule has 2 heterocycles. The van der Waals surface area contributed by atoms with E-state index in [0.29, 0.717) is 5.69 Å². The molecular weight excluding hydrogens is 266 g/mol. The maximum atomic E-state index is 10.6. The predicted molar refractivity (Wildman–Crippen MR) is 83.2 cm³/mol. The van der Waals surface area contributed by atoms with Crippen molar-refractivity contribution in [2.45, 2.75) is 40.3 Å². The number of aliphatic hydroxyl groups is 1. The third kappa shape index (κ3) is 3.36. The highest BCUT2D eigenvalue weighted by Gasteiger charge is 2.36. The Morgan fingerprint density at radius 2 is 1.95 bits per heavy atom. The van der Waals surface area contributed by atoms with Gasteiger partial charge in [0.1, 0.15) is 5.75 Å². The molecule has 1 atom stereocenters. The van der Waals surface area contributed by atoms with Gasteiger partial charge in [0.15, 0.2) is 0 Å². The molecule has 5 heteroatoms. The van der Waals surface area contributed by atoms with E-state index < -0.39 is 0 Å². The lowest BCUT2D eigenvalue weighted by atomic mass is 9.79. The van der Waals surface area contributed by atoms with E-state index in [1.165, 1.54) is 0 Å². The van der Waals surface area contributed by atoms with Crippen LogP contribution in [0.15, 0.2) is 6.20 Å². The number of pyridine rings is 1. The highest BCUT2D eigenvalue weighted by molar-refractivity contribution is 5.43. The maximum Gasteiger partial charge on any atom is 0.141 e. The summed E-state index contributed by atoms with van der Waals surface area (Å²) >= 11 is 0. The molecule has 2 rings (SSSR count). The van der Waals surface area contributed by atoms with Gasteiger partial charge in [0.05, 0.1) is 12.3 Å². The van der Waals surface area contributed by atoms with Crippen LogP contribution in [0.25, 0.3) is 0 Å². The van der Waals surface area contributed by atoms with E-state index in [0.717, 1.165) is 37.3 Å². The SMILES string of the molecule is Cc1ncc(CO)c([C@H](N2CCNCC2)C(C)(C)C)c1O. The predicted octanol–water partition coefficient (Wildman–Crippen LogP) is 1.58. The summed E-state index contributed by atoms with van der Waals surface area (Å²) in [5, 5.41) is 23.6. The first kappa shape index (κ1) is 16.2. The number of hydrogen-bond acceptors (Lipinski definition) is 5. The van der Waals surface area contributed by atoms with E-state index in [1.54, 1.807) is 13.1 Å². The van der Waals surface area contributed by atoms with E-state index in [4.69, 9.17) is 0 Å². The van der Waals surface area contributed by atoms with Crippen molar-refractivity contribution in [1.82, 2.24) is 15.2 Å². The number of nitrogens with zero attached hydrogens (tertiary/aromatic N) is 2. The molecular formula is C16H27N3O2. The molecule has 3 N–H and O–H groups in total. The van der Waals surface area contributed by atoms with Crippen molar-refractivity contribution in [2.75, 3.05) is 26.2 Å². The summed E-state index contributed by atoms with van der Waals surface area (Å²) in [4.78, 5) is 6.57. The van der Waals surface area contributed by atoms with Crippen molar-refractivity contribution in [3.63, 3.8) is 0 Å². The van der Waals surface area contributed by atoms with Gasteiger partial charge >= 0.3 is 0 Å². The lowest BCUT2D eigenvalue weighted by Crippen LogP contribution is -2.48. The largest absolute Gasteiger partial charge is 0.506 e. The van der Waals surface area contributed by atoms with Crippen molar-refractivity contribution in [3.05, 3.63) is 23.0 Å². The molecule has 1 aliphatic heterocycles. The minimum atomic E-state index is -0.102. The Kier molecular flexibility index (Phi) is 4.86. The number of aromatic nitrogens is 1. The van der Waals surface area contributed by atoms with Crippen LogP contribution < -0.4 is 5.32 Å². The van der Waals surface area contributed by atoms with Crippen LogP contribution in [0.1, 0.15) is 43.6 Å². The van der Waals surface area contributed by atoms with Crippen LogP contribution in [0.5, 0.6) is 5.75 Å². The summed E-state index contributed by atoms with van der Waals surface area (Å²) in [6, 6.07) is 0.0587. The Morgan fingerprint density at radius 1 is 1.33 bits per heavy atom. The number of aromatic hydroxyl groups is 1. The first-order valence-corrected chi connectivity index (χ1v) is 7.59. The van der Waals surface area contributed by atoms with Crippen LogP contribution in [0.3, 0.4) is 0 Å². The van der Waals surface area contributed by atoms with Gasteiger partial charge in [-0.2, -0.15) is 0 Å². The first-order valence-electron chi connectivity index (χ1n) is 7.59. The fourth-order valence-electron chi connectivity index (χ4n) is 3.19.